The number of carbonyl (C=O) groups excluding carboxylic acids is 2. The molecule has 0 bridgehead atoms. The monoisotopic (exact) mass is 366 g/mol. The van der Waals surface area contributed by atoms with E-state index in [0.717, 1.165) is 0 Å². The summed E-state index contributed by atoms with van der Waals surface area (Å²) in [5.74, 6) is -0.738. The van der Waals surface area contributed by atoms with Gasteiger partial charge in [0.15, 0.2) is 0 Å². The van der Waals surface area contributed by atoms with Gasteiger partial charge in [-0.15, -0.1) is 0 Å². The number of ether oxygens (including phenoxy) is 1. The Labute approximate surface area is 151 Å². The Morgan fingerprint density at radius 3 is 2.69 bits per heavy atom. The Kier molecular flexibility index (Phi) is 5.58. The molecule has 1 unspecified atom stereocenters. The van der Waals surface area contributed by atoms with Crippen molar-refractivity contribution in [1.29, 1.82) is 0 Å². The highest BCUT2D eigenvalue weighted by Gasteiger charge is 2.32. The number of aliphatic hydroxyl groups is 1. The molecule has 0 spiro atoms. The number of benzene rings is 1. The van der Waals surface area contributed by atoms with Crippen LogP contribution in [0.4, 0.5) is 20.6 Å². The van der Waals surface area contributed by atoms with Crippen LogP contribution >= 0.6 is 0 Å². The number of piperazine rings is 1. The van der Waals surface area contributed by atoms with Gasteiger partial charge in [-0.3, -0.25) is 9.69 Å². The van der Waals surface area contributed by atoms with Crippen LogP contribution in [0, 0.1) is 5.82 Å². The summed E-state index contributed by atoms with van der Waals surface area (Å²) in [4.78, 5) is 28.3. The Hall–Kier alpha value is -2.39. The number of anilines is 2. The summed E-state index contributed by atoms with van der Waals surface area (Å²) in [5.41, 5.74) is 0.896. The van der Waals surface area contributed by atoms with Gasteiger partial charge in [0.1, 0.15) is 18.5 Å². The van der Waals surface area contributed by atoms with Gasteiger partial charge >= 0.3 is 6.09 Å². The molecule has 2 heterocycles. The highest BCUT2D eigenvalue weighted by Crippen LogP contribution is 2.28. The van der Waals surface area contributed by atoms with Crippen molar-refractivity contribution in [3.8, 4) is 0 Å². The van der Waals surface area contributed by atoms with E-state index < -0.39 is 18.5 Å². The number of likely N-dealkylation sites (N-methyl/N-ethyl adjacent to an activating group) is 1. The molecule has 1 aromatic rings. The van der Waals surface area contributed by atoms with E-state index in [1.54, 1.807) is 24.1 Å². The quantitative estimate of drug-likeness (QED) is 0.764. The molecule has 9 heteroatoms. The molecule has 0 aromatic heterocycles. The number of hydrogen-bond acceptors (Lipinski definition) is 6. The lowest BCUT2D eigenvalue weighted by Gasteiger charge is -2.36. The number of nitrogens with zero attached hydrogens (tertiary/aromatic N) is 3. The standard InChI is InChI=1S/C17H23FN4O4/c1-19-9-13-10-22(17(25)26-13)12-2-3-15(14(18)8-12)20-4-6-21(7-5-20)16(24)11-23/h2-3,8,13,19,23H,4-7,9-11H2,1H3. The third-order valence-electron chi connectivity index (χ3n) is 4.66. The molecular weight excluding hydrogens is 343 g/mol. The first-order chi connectivity index (χ1) is 12.5. The second-order valence-electron chi connectivity index (χ2n) is 6.34. The number of halogens is 1. The number of amides is 2. The Balaban J connectivity index is 1.67. The van der Waals surface area contributed by atoms with Crippen LogP contribution in [-0.2, 0) is 9.53 Å². The Bertz CT molecular complexity index is 679. The molecule has 2 aliphatic heterocycles. The molecule has 142 valence electrons. The number of cyclic esters (lactones) is 1. The van der Waals surface area contributed by atoms with Crippen LogP contribution in [0.15, 0.2) is 18.2 Å². The maximum Gasteiger partial charge on any atom is 0.414 e. The minimum atomic E-state index is -0.510. The largest absolute Gasteiger partial charge is 0.443 e. The van der Waals surface area contributed by atoms with Gasteiger partial charge in [0.05, 0.1) is 17.9 Å². The second-order valence-corrected chi connectivity index (χ2v) is 6.34. The van der Waals surface area contributed by atoms with E-state index >= 15 is 0 Å². The van der Waals surface area contributed by atoms with Gasteiger partial charge in [-0.1, -0.05) is 0 Å². The molecule has 2 amide bonds. The van der Waals surface area contributed by atoms with E-state index in [2.05, 4.69) is 5.32 Å². The van der Waals surface area contributed by atoms with Crippen molar-refractivity contribution in [2.75, 3.05) is 62.7 Å². The highest BCUT2D eigenvalue weighted by atomic mass is 19.1. The normalized spacial score (nSPS) is 20.5. The maximum absolute atomic E-state index is 14.6. The third kappa shape index (κ3) is 3.73. The van der Waals surface area contributed by atoms with Crippen molar-refractivity contribution in [3.05, 3.63) is 24.0 Å². The summed E-state index contributed by atoms with van der Waals surface area (Å²) < 4.78 is 19.9. The van der Waals surface area contributed by atoms with Crippen LogP contribution < -0.4 is 15.1 Å². The van der Waals surface area contributed by atoms with Crippen LogP contribution in [0.25, 0.3) is 0 Å². The first-order valence-corrected chi connectivity index (χ1v) is 8.59. The van der Waals surface area contributed by atoms with Crippen LogP contribution in [-0.4, -0.2) is 81.0 Å². The lowest BCUT2D eigenvalue weighted by molar-refractivity contribution is -0.134. The van der Waals surface area contributed by atoms with Crippen molar-refractivity contribution in [2.45, 2.75) is 6.10 Å². The smallest absolute Gasteiger partial charge is 0.414 e. The molecule has 2 aliphatic rings. The average Bonchev–Trinajstić information content (AvgIpc) is 3.02. The van der Waals surface area contributed by atoms with Crippen molar-refractivity contribution >= 4 is 23.4 Å². The maximum atomic E-state index is 14.6. The molecule has 1 aromatic carbocycles. The van der Waals surface area contributed by atoms with Gasteiger partial charge in [-0.2, -0.15) is 0 Å². The second kappa shape index (κ2) is 7.88. The minimum absolute atomic E-state index is 0.257. The van der Waals surface area contributed by atoms with Gasteiger partial charge < -0.3 is 25.0 Å². The summed E-state index contributed by atoms with van der Waals surface area (Å²) >= 11 is 0. The first kappa shape index (κ1) is 18.4. The lowest BCUT2D eigenvalue weighted by atomic mass is 10.2. The Morgan fingerprint density at radius 1 is 1.35 bits per heavy atom. The van der Waals surface area contributed by atoms with Crippen LogP contribution in [0.5, 0.6) is 0 Å². The third-order valence-corrected chi connectivity index (χ3v) is 4.66. The van der Waals surface area contributed by atoms with Crippen molar-refractivity contribution in [1.82, 2.24) is 10.2 Å². The zero-order valence-corrected chi connectivity index (χ0v) is 14.7. The van der Waals surface area contributed by atoms with Gasteiger partial charge in [0.25, 0.3) is 0 Å². The summed E-state index contributed by atoms with van der Waals surface area (Å²) in [6.45, 7) is 2.25. The zero-order valence-electron chi connectivity index (χ0n) is 14.7. The molecule has 0 aliphatic carbocycles. The molecule has 0 saturated carbocycles. The van der Waals surface area contributed by atoms with Crippen molar-refractivity contribution in [3.63, 3.8) is 0 Å². The summed E-state index contributed by atoms with van der Waals surface area (Å²) in [6, 6.07) is 4.68. The summed E-state index contributed by atoms with van der Waals surface area (Å²) in [7, 11) is 1.78. The van der Waals surface area contributed by atoms with E-state index in [1.165, 1.54) is 11.0 Å². The minimum Gasteiger partial charge on any atom is -0.443 e. The average molecular weight is 366 g/mol. The van der Waals surface area contributed by atoms with E-state index in [0.29, 0.717) is 50.6 Å². The SMILES string of the molecule is CNCC1CN(c2ccc(N3CCN(C(=O)CO)CC3)c(F)c2)C(=O)O1. The molecular formula is C17H23FN4O4. The van der Waals surface area contributed by atoms with Crippen molar-refractivity contribution < 1.29 is 23.8 Å². The zero-order chi connectivity index (χ0) is 18.7. The number of nitrogens with one attached hydrogen (secondary N) is 1. The van der Waals surface area contributed by atoms with Gasteiger partial charge in [0, 0.05) is 32.7 Å². The topological polar surface area (TPSA) is 85.4 Å². The Morgan fingerprint density at radius 2 is 2.08 bits per heavy atom. The molecule has 0 radical (unpaired) electrons. The summed E-state index contributed by atoms with van der Waals surface area (Å²) in [5, 5.41) is 11.9. The van der Waals surface area contributed by atoms with E-state index in [9.17, 15) is 14.0 Å². The molecule has 2 N–H and O–H groups in total. The fourth-order valence-electron chi connectivity index (χ4n) is 3.28. The molecule has 2 saturated heterocycles. The summed E-state index contributed by atoms with van der Waals surface area (Å²) in [6.07, 6.45) is -0.735. The molecule has 1 atom stereocenters. The predicted octanol–water partition coefficient (Wildman–Crippen LogP) is 0.0112. The van der Waals surface area contributed by atoms with Gasteiger partial charge in [-0.05, 0) is 25.2 Å². The number of aliphatic hydroxyl groups excluding tert-OH is 1. The van der Waals surface area contributed by atoms with E-state index in [1.807, 2.05) is 4.90 Å². The fourth-order valence-corrected chi connectivity index (χ4v) is 3.28. The van der Waals surface area contributed by atoms with E-state index in [-0.39, 0.29) is 12.0 Å². The number of carbonyl (C=O) groups is 2. The van der Waals surface area contributed by atoms with Crippen LogP contribution in [0.2, 0.25) is 0 Å². The first-order valence-electron chi connectivity index (χ1n) is 8.59. The van der Waals surface area contributed by atoms with Crippen LogP contribution in [0.1, 0.15) is 0 Å². The number of hydrogen-bond donors (Lipinski definition) is 2. The molecule has 26 heavy (non-hydrogen) atoms. The molecule has 3 rings (SSSR count). The fraction of sp³-hybridized carbons (Fsp3) is 0.529. The number of rotatable bonds is 5. The molecule has 2 fully saturated rings. The highest BCUT2D eigenvalue weighted by molar-refractivity contribution is 5.90. The predicted molar refractivity (Wildman–Crippen MR) is 93.8 cm³/mol. The van der Waals surface area contributed by atoms with Crippen molar-refractivity contribution in [2.24, 2.45) is 0 Å². The lowest BCUT2D eigenvalue weighted by Crippen LogP contribution is -2.49. The van der Waals surface area contributed by atoms with Gasteiger partial charge in [0.2, 0.25) is 5.91 Å². The van der Waals surface area contributed by atoms with E-state index in [4.69, 9.17) is 9.84 Å². The van der Waals surface area contributed by atoms with Crippen LogP contribution in [0.3, 0.4) is 0 Å². The van der Waals surface area contributed by atoms with Gasteiger partial charge in [-0.25, -0.2) is 9.18 Å². The molecule has 8 nitrogen and oxygen atoms in total.